The lowest BCUT2D eigenvalue weighted by atomic mass is 9.88. The van der Waals surface area contributed by atoms with Gasteiger partial charge in [0.1, 0.15) is 11.6 Å². The number of benzene rings is 1. The van der Waals surface area contributed by atoms with Crippen molar-refractivity contribution in [2.75, 3.05) is 18.9 Å². The molecule has 5 nitrogen and oxygen atoms in total. The van der Waals surface area contributed by atoms with E-state index < -0.39 is 32.0 Å². The van der Waals surface area contributed by atoms with E-state index in [9.17, 15) is 22.3 Å². The number of sulfonamides is 1. The van der Waals surface area contributed by atoms with Gasteiger partial charge < -0.3 is 10.8 Å². The number of aliphatic hydroxyl groups is 1. The number of nitrogens with one attached hydrogen (secondary N) is 1. The highest BCUT2D eigenvalue weighted by atomic mass is 32.2. The van der Waals surface area contributed by atoms with Crippen molar-refractivity contribution in [3.63, 3.8) is 0 Å². The number of anilines is 1. The molecule has 0 unspecified atom stereocenters. The van der Waals surface area contributed by atoms with Gasteiger partial charge in [0.05, 0.1) is 0 Å². The van der Waals surface area contributed by atoms with Gasteiger partial charge in [-0.1, -0.05) is 12.8 Å². The predicted molar refractivity (Wildman–Crippen MR) is 73.9 cm³/mol. The van der Waals surface area contributed by atoms with Crippen LogP contribution in [0.5, 0.6) is 0 Å². The molecular formula is C13H18F2N2O3S. The summed E-state index contributed by atoms with van der Waals surface area (Å²) in [5.41, 5.74) is 4.52. The van der Waals surface area contributed by atoms with Crippen LogP contribution in [0.25, 0.3) is 0 Å². The summed E-state index contributed by atoms with van der Waals surface area (Å²) < 4.78 is 53.8. The van der Waals surface area contributed by atoms with Gasteiger partial charge in [0.25, 0.3) is 0 Å². The largest absolute Gasteiger partial charge is 0.399 e. The van der Waals surface area contributed by atoms with Crippen LogP contribution in [0.15, 0.2) is 17.0 Å². The quantitative estimate of drug-likeness (QED) is 0.715. The number of nitrogen functional groups attached to an aromatic ring is 1. The number of aliphatic hydroxyl groups excluding tert-OH is 1. The van der Waals surface area contributed by atoms with Crippen LogP contribution in [0.4, 0.5) is 14.5 Å². The van der Waals surface area contributed by atoms with Gasteiger partial charge in [0, 0.05) is 24.3 Å². The molecule has 0 atom stereocenters. The highest BCUT2D eigenvalue weighted by molar-refractivity contribution is 7.89. The number of hydrogen-bond donors (Lipinski definition) is 3. The summed E-state index contributed by atoms with van der Waals surface area (Å²) in [6.45, 7) is -0.211. The molecule has 0 aliphatic heterocycles. The summed E-state index contributed by atoms with van der Waals surface area (Å²) in [5, 5.41) is 9.43. The lowest BCUT2D eigenvalue weighted by Crippen LogP contribution is -2.38. The van der Waals surface area contributed by atoms with Gasteiger partial charge in [0.15, 0.2) is 4.90 Å². The van der Waals surface area contributed by atoms with Crippen LogP contribution >= 0.6 is 0 Å². The van der Waals surface area contributed by atoms with Gasteiger partial charge in [0.2, 0.25) is 10.0 Å². The minimum atomic E-state index is -4.34. The molecule has 0 bridgehead atoms. The summed E-state index contributed by atoms with van der Waals surface area (Å²) in [7, 11) is -4.34. The summed E-state index contributed by atoms with van der Waals surface area (Å²) in [6, 6.07) is 1.52. The number of nitrogens with two attached hydrogens (primary N) is 1. The van der Waals surface area contributed by atoms with Crippen LogP contribution in [0.2, 0.25) is 0 Å². The first-order valence-corrected chi connectivity index (χ1v) is 8.13. The van der Waals surface area contributed by atoms with Crippen LogP contribution in [-0.4, -0.2) is 26.7 Å². The maximum Gasteiger partial charge on any atom is 0.246 e. The van der Waals surface area contributed by atoms with Crippen LogP contribution < -0.4 is 10.5 Å². The predicted octanol–water partition coefficient (Wildman–Crippen LogP) is 1.38. The first-order valence-electron chi connectivity index (χ1n) is 6.65. The number of rotatable bonds is 5. The molecular weight excluding hydrogens is 302 g/mol. The second-order valence-corrected chi connectivity index (χ2v) is 7.21. The first kappa shape index (κ1) is 16.1. The Morgan fingerprint density at radius 2 is 1.76 bits per heavy atom. The van der Waals surface area contributed by atoms with Crippen molar-refractivity contribution < 1.29 is 22.3 Å². The molecule has 1 saturated carbocycles. The molecule has 8 heteroatoms. The Balaban J connectivity index is 2.23. The second kappa shape index (κ2) is 5.86. The van der Waals surface area contributed by atoms with Gasteiger partial charge in [-0.25, -0.2) is 21.9 Å². The van der Waals surface area contributed by atoms with Crippen molar-refractivity contribution in [1.29, 1.82) is 0 Å². The molecule has 1 aromatic carbocycles. The Bertz CT molecular complexity index is 605. The molecule has 0 aromatic heterocycles. The molecule has 1 aliphatic rings. The molecule has 1 aliphatic carbocycles. The fourth-order valence-corrected chi connectivity index (χ4v) is 3.94. The molecule has 21 heavy (non-hydrogen) atoms. The normalized spacial score (nSPS) is 18.0. The second-order valence-electron chi connectivity index (χ2n) is 5.50. The average Bonchev–Trinajstić information content (AvgIpc) is 2.84. The SMILES string of the molecule is Nc1cc(F)c(S(=O)(=O)NCC2(CO)CCCC2)c(F)c1. The summed E-state index contributed by atoms with van der Waals surface area (Å²) >= 11 is 0. The van der Waals surface area contributed by atoms with E-state index in [1.54, 1.807) is 0 Å². The van der Waals surface area contributed by atoms with E-state index in [1.165, 1.54) is 0 Å². The summed E-state index contributed by atoms with van der Waals surface area (Å²) in [4.78, 5) is -1.04. The lowest BCUT2D eigenvalue weighted by molar-refractivity contribution is 0.134. The van der Waals surface area contributed by atoms with Crippen LogP contribution in [0.1, 0.15) is 25.7 Å². The fraction of sp³-hybridized carbons (Fsp3) is 0.538. The maximum absolute atomic E-state index is 13.7. The van der Waals surface area contributed by atoms with Gasteiger partial charge in [-0.15, -0.1) is 0 Å². The molecule has 0 heterocycles. The minimum absolute atomic E-state index is 0.0465. The van der Waals surface area contributed by atoms with E-state index in [1.807, 2.05) is 0 Å². The zero-order chi connectivity index (χ0) is 15.7. The van der Waals surface area contributed by atoms with E-state index in [0.29, 0.717) is 12.8 Å². The Kier molecular flexibility index (Phi) is 4.50. The Morgan fingerprint density at radius 3 is 2.24 bits per heavy atom. The third-order valence-corrected chi connectivity index (χ3v) is 5.38. The van der Waals surface area contributed by atoms with E-state index >= 15 is 0 Å². The van der Waals surface area contributed by atoms with E-state index in [2.05, 4.69) is 4.72 Å². The molecule has 4 N–H and O–H groups in total. The molecule has 1 aromatic rings. The Labute approximate surface area is 122 Å². The third-order valence-electron chi connectivity index (χ3n) is 3.93. The van der Waals surface area contributed by atoms with Crippen LogP contribution in [0.3, 0.4) is 0 Å². The van der Waals surface area contributed by atoms with Crippen molar-refractivity contribution in [3.8, 4) is 0 Å². The van der Waals surface area contributed by atoms with Gasteiger partial charge in [-0.2, -0.15) is 0 Å². The molecule has 1 fully saturated rings. The number of hydrogen-bond acceptors (Lipinski definition) is 4. The van der Waals surface area contributed by atoms with E-state index in [4.69, 9.17) is 5.73 Å². The van der Waals surface area contributed by atoms with Gasteiger partial charge in [-0.05, 0) is 25.0 Å². The molecule has 0 amide bonds. The maximum atomic E-state index is 13.7. The number of halogens is 2. The first-order chi connectivity index (χ1) is 9.80. The van der Waals surface area contributed by atoms with Crippen LogP contribution in [-0.2, 0) is 10.0 Å². The Morgan fingerprint density at radius 1 is 1.24 bits per heavy atom. The van der Waals surface area contributed by atoms with Crippen molar-refractivity contribution in [3.05, 3.63) is 23.8 Å². The van der Waals surface area contributed by atoms with Crippen molar-refractivity contribution >= 4 is 15.7 Å². The monoisotopic (exact) mass is 320 g/mol. The summed E-state index contributed by atoms with van der Waals surface area (Å²) in [5.74, 6) is -2.46. The summed E-state index contributed by atoms with van der Waals surface area (Å²) in [6.07, 6.45) is 3.15. The lowest BCUT2D eigenvalue weighted by Gasteiger charge is -2.26. The zero-order valence-corrected chi connectivity index (χ0v) is 12.2. The highest BCUT2D eigenvalue weighted by Gasteiger charge is 2.35. The molecule has 118 valence electrons. The van der Waals surface area contributed by atoms with Crippen molar-refractivity contribution in [2.45, 2.75) is 30.6 Å². The van der Waals surface area contributed by atoms with Crippen molar-refractivity contribution in [2.24, 2.45) is 5.41 Å². The smallest absolute Gasteiger partial charge is 0.246 e. The van der Waals surface area contributed by atoms with E-state index in [-0.39, 0.29) is 18.8 Å². The third kappa shape index (κ3) is 3.33. The molecule has 2 rings (SSSR count). The van der Waals surface area contributed by atoms with Crippen molar-refractivity contribution in [1.82, 2.24) is 4.72 Å². The standard InChI is InChI=1S/C13H18F2N2O3S/c14-10-5-9(16)6-11(15)12(10)21(19,20)17-7-13(8-18)3-1-2-4-13/h5-6,17-18H,1-4,7-8,16H2. The fourth-order valence-electron chi connectivity index (χ4n) is 2.67. The van der Waals surface area contributed by atoms with E-state index in [0.717, 1.165) is 25.0 Å². The zero-order valence-electron chi connectivity index (χ0n) is 11.4. The average molecular weight is 320 g/mol. The molecule has 0 radical (unpaired) electrons. The molecule has 0 spiro atoms. The van der Waals surface area contributed by atoms with Gasteiger partial charge >= 0.3 is 0 Å². The highest BCUT2D eigenvalue weighted by Crippen LogP contribution is 2.37. The minimum Gasteiger partial charge on any atom is -0.399 e. The Hall–Kier alpha value is -1.25. The van der Waals surface area contributed by atoms with Crippen LogP contribution in [0, 0.1) is 17.0 Å². The van der Waals surface area contributed by atoms with Gasteiger partial charge in [-0.3, -0.25) is 0 Å². The topological polar surface area (TPSA) is 92.4 Å². The molecule has 0 saturated heterocycles.